The Morgan fingerprint density at radius 1 is 1.17 bits per heavy atom. The summed E-state index contributed by atoms with van der Waals surface area (Å²) in [6.45, 7) is 0.846. The topological polar surface area (TPSA) is 69.6 Å². The highest BCUT2D eigenvalue weighted by atomic mass is 16.4. The van der Waals surface area contributed by atoms with Crippen molar-refractivity contribution < 1.29 is 15.0 Å². The Hall–Kier alpha value is -2.07. The summed E-state index contributed by atoms with van der Waals surface area (Å²) in [7, 11) is 0. The molecule has 0 amide bonds. The first-order valence-electron chi connectivity index (χ1n) is 5.80. The van der Waals surface area contributed by atoms with E-state index in [4.69, 9.17) is 5.11 Å². The van der Waals surface area contributed by atoms with Gasteiger partial charge in [-0.2, -0.15) is 0 Å². The predicted octanol–water partition coefficient (Wildman–Crippen LogP) is 2.11. The molecule has 0 saturated heterocycles. The number of fused-ring (bicyclic) bond motifs is 1. The number of rotatable bonds is 5. The standard InChI is InChI=1S/C14H15NO3/c16-13-6-5-10-3-1-2-4-11(10)12(13)9-15-8-7-14(17)18/h1-6,15-16H,7-9H2,(H,17,18). The van der Waals surface area contributed by atoms with Crippen molar-refractivity contribution in [1.29, 1.82) is 0 Å². The number of aliphatic carboxylic acids is 1. The Labute approximate surface area is 105 Å². The molecular weight excluding hydrogens is 230 g/mol. The van der Waals surface area contributed by atoms with E-state index in [0.717, 1.165) is 16.3 Å². The largest absolute Gasteiger partial charge is 0.508 e. The molecule has 2 aromatic rings. The summed E-state index contributed by atoms with van der Waals surface area (Å²) in [5.41, 5.74) is 0.804. The van der Waals surface area contributed by atoms with Crippen LogP contribution in [0.15, 0.2) is 36.4 Å². The zero-order valence-electron chi connectivity index (χ0n) is 9.89. The van der Waals surface area contributed by atoms with Crippen LogP contribution in [0.3, 0.4) is 0 Å². The molecule has 0 aliphatic heterocycles. The van der Waals surface area contributed by atoms with E-state index in [1.165, 1.54) is 0 Å². The summed E-state index contributed by atoms with van der Waals surface area (Å²) in [6.07, 6.45) is 0.0749. The van der Waals surface area contributed by atoms with Crippen molar-refractivity contribution in [3.05, 3.63) is 42.0 Å². The third kappa shape index (κ3) is 2.78. The maximum absolute atomic E-state index is 10.4. The second-order valence-electron chi connectivity index (χ2n) is 4.10. The Bertz CT molecular complexity index is 566. The van der Waals surface area contributed by atoms with E-state index in [2.05, 4.69) is 5.32 Å². The second kappa shape index (κ2) is 5.51. The van der Waals surface area contributed by atoms with Crippen molar-refractivity contribution in [3.8, 4) is 5.75 Å². The third-order valence-corrected chi connectivity index (χ3v) is 2.83. The number of phenols is 1. The molecule has 0 saturated carbocycles. The van der Waals surface area contributed by atoms with Gasteiger partial charge in [0.15, 0.2) is 0 Å². The Kier molecular flexibility index (Phi) is 3.79. The van der Waals surface area contributed by atoms with Crippen molar-refractivity contribution in [3.63, 3.8) is 0 Å². The lowest BCUT2D eigenvalue weighted by atomic mass is 10.0. The van der Waals surface area contributed by atoms with Gasteiger partial charge in [0.2, 0.25) is 0 Å². The first-order chi connectivity index (χ1) is 8.68. The van der Waals surface area contributed by atoms with E-state index in [1.807, 2.05) is 30.3 Å². The number of benzene rings is 2. The summed E-state index contributed by atoms with van der Waals surface area (Å²) in [4.78, 5) is 10.4. The molecule has 0 aliphatic carbocycles. The van der Waals surface area contributed by atoms with Gasteiger partial charge in [-0.3, -0.25) is 4.79 Å². The normalized spacial score (nSPS) is 10.7. The third-order valence-electron chi connectivity index (χ3n) is 2.83. The summed E-state index contributed by atoms with van der Waals surface area (Å²) in [5.74, 6) is -0.596. The second-order valence-corrected chi connectivity index (χ2v) is 4.10. The number of carboxylic acids is 1. The van der Waals surface area contributed by atoms with Gasteiger partial charge in [0, 0.05) is 18.7 Å². The highest BCUT2D eigenvalue weighted by Gasteiger charge is 2.06. The van der Waals surface area contributed by atoms with Crippen molar-refractivity contribution >= 4 is 16.7 Å². The van der Waals surface area contributed by atoms with Gasteiger partial charge in [0.05, 0.1) is 6.42 Å². The fourth-order valence-corrected chi connectivity index (χ4v) is 1.92. The number of carboxylic acid groups (broad SMARTS) is 1. The number of aromatic hydroxyl groups is 1. The molecule has 0 bridgehead atoms. The van der Waals surface area contributed by atoms with Gasteiger partial charge in [-0.15, -0.1) is 0 Å². The van der Waals surface area contributed by atoms with Crippen LogP contribution < -0.4 is 5.32 Å². The first kappa shape index (κ1) is 12.4. The minimum atomic E-state index is -0.829. The van der Waals surface area contributed by atoms with Gasteiger partial charge >= 0.3 is 5.97 Å². The van der Waals surface area contributed by atoms with Gasteiger partial charge in [0.25, 0.3) is 0 Å². The molecule has 0 aliphatic rings. The van der Waals surface area contributed by atoms with Gasteiger partial charge in [-0.05, 0) is 16.8 Å². The lowest BCUT2D eigenvalue weighted by Gasteiger charge is -2.09. The lowest BCUT2D eigenvalue weighted by Crippen LogP contribution is -2.17. The van der Waals surface area contributed by atoms with E-state index < -0.39 is 5.97 Å². The van der Waals surface area contributed by atoms with Crippen LogP contribution in [-0.4, -0.2) is 22.7 Å². The van der Waals surface area contributed by atoms with Gasteiger partial charge in [-0.1, -0.05) is 30.3 Å². The highest BCUT2D eigenvalue weighted by molar-refractivity contribution is 5.87. The summed E-state index contributed by atoms with van der Waals surface area (Å²) < 4.78 is 0. The molecule has 0 spiro atoms. The van der Waals surface area contributed by atoms with Crippen LogP contribution in [0.25, 0.3) is 10.8 Å². The van der Waals surface area contributed by atoms with Crippen LogP contribution in [0.5, 0.6) is 5.75 Å². The molecule has 0 atom stereocenters. The number of phenolic OH excluding ortho intramolecular Hbond substituents is 1. The molecule has 0 unspecified atom stereocenters. The average Bonchev–Trinajstić information content (AvgIpc) is 2.36. The molecule has 2 rings (SSSR count). The molecule has 0 fully saturated rings. The summed E-state index contributed by atoms with van der Waals surface area (Å²) in [6, 6.07) is 11.3. The molecule has 18 heavy (non-hydrogen) atoms. The fraction of sp³-hybridized carbons (Fsp3) is 0.214. The van der Waals surface area contributed by atoms with E-state index >= 15 is 0 Å². The molecule has 4 heteroatoms. The van der Waals surface area contributed by atoms with Crippen LogP contribution in [0, 0.1) is 0 Å². The minimum Gasteiger partial charge on any atom is -0.508 e. The summed E-state index contributed by atoms with van der Waals surface area (Å²) in [5, 5.41) is 23.5. The Morgan fingerprint density at radius 3 is 2.72 bits per heavy atom. The van der Waals surface area contributed by atoms with Crippen LogP contribution in [-0.2, 0) is 11.3 Å². The number of hydrogen-bond donors (Lipinski definition) is 3. The zero-order valence-corrected chi connectivity index (χ0v) is 9.89. The Morgan fingerprint density at radius 2 is 1.94 bits per heavy atom. The monoisotopic (exact) mass is 245 g/mol. The molecule has 3 N–H and O–H groups in total. The SMILES string of the molecule is O=C(O)CCNCc1c(O)ccc2ccccc12. The van der Waals surface area contributed by atoms with Gasteiger partial charge in [-0.25, -0.2) is 0 Å². The molecule has 0 radical (unpaired) electrons. The molecule has 94 valence electrons. The van der Waals surface area contributed by atoms with Gasteiger partial charge in [0.1, 0.15) is 5.75 Å². The maximum Gasteiger partial charge on any atom is 0.304 e. The van der Waals surface area contributed by atoms with Crippen molar-refractivity contribution in [1.82, 2.24) is 5.32 Å². The molecule has 2 aromatic carbocycles. The van der Waals surface area contributed by atoms with Crippen molar-refractivity contribution in [2.24, 2.45) is 0 Å². The van der Waals surface area contributed by atoms with Crippen molar-refractivity contribution in [2.45, 2.75) is 13.0 Å². The molecule has 0 heterocycles. The van der Waals surface area contributed by atoms with E-state index in [9.17, 15) is 9.90 Å². The van der Waals surface area contributed by atoms with E-state index in [-0.39, 0.29) is 12.2 Å². The van der Waals surface area contributed by atoms with Crippen LogP contribution in [0.2, 0.25) is 0 Å². The Balaban J connectivity index is 2.16. The minimum absolute atomic E-state index is 0.0749. The quantitative estimate of drug-likeness (QED) is 0.706. The zero-order chi connectivity index (χ0) is 13.0. The molecule has 0 aromatic heterocycles. The average molecular weight is 245 g/mol. The number of carbonyl (C=O) groups is 1. The van der Waals surface area contributed by atoms with Crippen molar-refractivity contribution in [2.75, 3.05) is 6.54 Å². The fourth-order valence-electron chi connectivity index (χ4n) is 1.92. The maximum atomic E-state index is 10.4. The summed E-state index contributed by atoms with van der Waals surface area (Å²) >= 11 is 0. The first-order valence-corrected chi connectivity index (χ1v) is 5.80. The van der Waals surface area contributed by atoms with Gasteiger partial charge < -0.3 is 15.5 Å². The molecule has 4 nitrogen and oxygen atoms in total. The van der Waals surface area contributed by atoms with Crippen LogP contribution >= 0.6 is 0 Å². The van der Waals surface area contributed by atoms with Crippen LogP contribution in [0.4, 0.5) is 0 Å². The smallest absolute Gasteiger partial charge is 0.304 e. The number of nitrogens with one attached hydrogen (secondary N) is 1. The van der Waals surface area contributed by atoms with E-state index in [1.54, 1.807) is 6.07 Å². The highest BCUT2D eigenvalue weighted by Crippen LogP contribution is 2.26. The lowest BCUT2D eigenvalue weighted by molar-refractivity contribution is -0.136. The number of hydrogen-bond acceptors (Lipinski definition) is 3. The van der Waals surface area contributed by atoms with Crippen LogP contribution in [0.1, 0.15) is 12.0 Å². The molecular formula is C14H15NO3. The predicted molar refractivity (Wildman–Crippen MR) is 69.6 cm³/mol. The van der Waals surface area contributed by atoms with E-state index in [0.29, 0.717) is 13.1 Å².